The summed E-state index contributed by atoms with van der Waals surface area (Å²) in [6, 6.07) is 0. The van der Waals surface area contributed by atoms with E-state index in [0.717, 1.165) is 76.1 Å². The number of aromatic nitrogens is 3. The molecule has 8 heteroatoms. The average Bonchev–Trinajstić information content (AvgIpc) is 2.97. The topological polar surface area (TPSA) is 76.4 Å². The first-order valence-corrected chi connectivity index (χ1v) is 8.67. The van der Waals surface area contributed by atoms with Crippen LogP contribution in [0.5, 0.6) is 0 Å². The summed E-state index contributed by atoms with van der Waals surface area (Å²) < 4.78 is 7.65. The second-order valence-electron chi connectivity index (χ2n) is 6.57. The lowest BCUT2D eigenvalue weighted by Gasteiger charge is -2.26. The Labute approximate surface area is 161 Å². The molecule has 0 amide bonds. The van der Waals surface area contributed by atoms with Crippen molar-refractivity contribution in [2.75, 3.05) is 33.4 Å². The number of rotatable bonds is 4. The van der Waals surface area contributed by atoms with Gasteiger partial charge in [0, 0.05) is 46.3 Å². The lowest BCUT2D eigenvalue weighted by molar-refractivity contribution is 0.0675. The highest BCUT2D eigenvalue weighted by molar-refractivity contribution is 14.0. The molecule has 3 heterocycles. The van der Waals surface area contributed by atoms with Crippen LogP contribution in [0.25, 0.3) is 0 Å². The van der Waals surface area contributed by atoms with E-state index in [-0.39, 0.29) is 24.0 Å². The fraction of sp³-hybridized carbons (Fsp3) is 0.812. The van der Waals surface area contributed by atoms with E-state index in [4.69, 9.17) is 4.74 Å². The molecule has 0 spiro atoms. The number of fused-ring (bicyclic) bond motifs is 1. The Balaban J connectivity index is 0.00000208. The first-order valence-electron chi connectivity index (χ1n) is 8.67. The Hall–Kier alpha value is -0.900. The van der Waals surface area contributed by atoms with Gasteiger partial charge < -0.3 is 19.9 Å². The third-order valence-electron chi connectivity index (χ3n) is 4.91. The molecule has 24 heavy (non-hydrogen) atoms. The highest BCUT2D eigenvalue weighted by Gasteiger charge is 2.21. The van der Waals surface area contributed by atoms with Gasteiger partial charge in [0.05, 0.1) is 0 Å². The molecule has 0 saturated carbocycles. The lowest BCUT2D eigenvalue weighted by Crippen LogP contribution is -2.43. The first kappa shape index (κ1) is 19.4. The standard InChI is InChI=1S/C16H28N6O.HI/c1-12-20-21-15-4-3-14(11-22(12)15)10-19-16(17-2)18-9-13-5-7-23-8-6-13;/h13-14H,3-11H2,1-2H3,(H2,17,18,19);1H. The van der Waals surface area contributed by atoms with E-state index in [2.05, 4.69) is 30.4 Å². The third kappa shape index (κ3) is 5.05. The molecule has 0 radical (unpaired) electrons. The lowest BCUT2D eigenvalue weighted by atomic mass is 9.99. The number of halogens is 1. The van der Waals surface area contributed by atoms with E-state index in [1.165, 1.54) is 0 Å². The van der Waals surface area contributed by atoms with Gasteiger partial charge in [0.1, 0.15) is 11.6 Å². The van der Waals surface area contributed by atoms with E-state index >= 15 is 0 Å². The summed E-state index contributed by atoms with van der Waals surface area (Å²) in [5.74, 6) is 4.34. The number of guanidine groups is 1. The second-order valence-corrected chi connectivity index (χ2v) is 6.57. The van der Waals surface area contributed by atoms with Crippen molar-refractivity contribution in [3.05, 3.63) is 11.6 Å². The fourth-order valence-electron chi connectivity index (χ4n) is 3.35. The largest absolute Gasteiger partial charge is 0.381 e. The van der Waals surface area contributed by atoms with Gasteiger partial charge >= 0.3 is 0 Å². The van der Waals surface area contributed by atoms with Gasteiger partial charge in [-0.15, -0.1) is 34.2 Å². The molecule has 0 bridgehead atoms. The van der Waals surface area contributed by atoms with Gasteiger partial charge in [0.25, 0.3) is 0 Å². The normalized spacial score (nSPS) is 21.8. The average molecular weight is 448 g/mol. The minimum atomic E-state index is 0. The van der Waals surface area contributed by atoms with E-state index in [1.54, 1.807) is 0 Å². The van der Waals surface area contributed by atoms with Crippen LogP contribution in [0.15, 0.2) is 4.99 Å². The highest BCUT2D eigenvalue weighted by Crippen LogP contribution is 2.19. The van der Waals surface area contributed by atoms with Crippen molar-refractivity contribution < 1.29 is 4.74 Å². The van der Waals surface area contributed by atoms with Gasteiger partial charge in [-0.05, 0) is 38.0 Å². The SMILES string of the molecule is CN=C(NCC1CCOCC1)NCC1CCc2nnc(C)n2C1.I. The van der Waals surface area contributed by atoms with Crippen molar-refractivity contribution in [3.8, 4) is 0 Å². The van der Waals surface area contributed by atoms with Crippen LogP contribution < -0.4 is 10.6 Å². The zero-order valence-electron chi connectivity index (χ0n) is 14.6. The summed E-state index contributed by atoms with van der Waals surface area (Å²) in [6.45, 7) is 6.72. The summed E-state index contributed by atoms with van der Waals surface area (Å²) in [4.78, 5) is 4.34. The molecule has 1 aromatic heterocycles. The van der Waals surface area contributed by atoms with E-state index in [0.29, 0.717) is 11.8 Å². The molecule has 2 aliphatic heterocycles. The Kier molecular flexibility index (Phi) is 7.73. The quantitative estimate of drug-likeness (QED) is 0.414. The minimum Gasteiger partial charge on any atom is -0.381 e. The monoisotopic (exact) mass is 448 g/mol. The van der Waals surface area contributed by atoms with Crippen LogP contribution in [0, 0.1) is 18.8 Å². The molecule has 3 rings (SSSR count). The van der Waals surface area contributed by atoms with Crippen LogP contribution in [0.2, 0.25) is 0 Å². The van der Waals surface area contributed by atoms with Gasteiger partial charge in [-0.3, -0.25) is 4.99 Å². The summed E-state index contributed by atoms with van der Waals surface area (Å²) in [7, 11) is 1.84. The van der Waals surface area contributed by atoms with Crippen molar-refractivity contribution >= 4 is 29.9 Å². The van der Waals surface area contributed by atoms with Crippen molar-refractivity contribution in [1.29, 1.82) is 0 Å². The fourth-order valence-corrected chi connectivity index (χ4v) is 3.35. The molecule has 7 nitrogen and oxygen atoms in total. The van der Waals surface area contributed by atoms with Crippen molar-refractivity contribution in [2.24, 2.45) is 16.8 Å². The summed E-state index contributed by atoms with van der Waals surface area (Å²) in [5, 5.41) is 15.3. The first-order chi connectivity index (χ1) is 11.3. The maximum absolute atomic E-state index is 5.41. The molecule has 1 unspecified atom stereocenters. The summed E-state index contributed by atoms with van der Waals surface area (Å²) >= 11 is 0. The Morgan fingerprint density at radius 3 is 2.58 bits per heavy atom. The molecule has 1 saturated heterocycles. The van der Waals surface area contributed by atoms with E-state index in [9.17, 15) is 0 Å². The molecule has 1 fully saturated rings. The zero-order valence-corrected chi connectivity index (χ0v) is 17.0. The Bertz CT molecular complexity index is 541. The maximum atomic E-state index is 5.41. The van der Waals surface area contributed by atoms with Crippen molar-refractivity contribution in [1.82, 2.24) is 25.4 Å². The molecule has 2 aliphatic rings. The predicted molar refractivity (Wildman–Crippen MR) is 105 cm³/mol. The molecule has 1 atom stereocenters. The van der Waals surface area contributed by atoms with Gasteiger partial charge in [0.2, 0.25) is 0 Å². The molecular formula is C16H29IN6O. The third-order valence-corrected chi connectivity index (χ3v) is 4.91. The maximum Gasteiger partial charge on any atom is 0.190 e. The van der Waals surface area contributed by atoms with Crippen molar-refractivity contribution in [3.63, 3.8) is 0 Å². The molecule has 0 aliphatic carbocycles. The minimum absolute atomic E-state index is 0. The zero-order chi connectivity index (χ0) is 16.1. The van der Waals surface area contributed by atoms with Crippen LogP contribution >= 0.6 is 24.0 Å². The molecular weight excluding hydrogens is 419 g/mol. The van der Waals surface area contributed by atoms with Gasteiger partial charge in [-0.2, -0.15) is 0 Å². The number of nitrogens with zero attached hydrogens (tertiary/aromatic N) is 4. The number of aliphatic imine (C=N–C) groups is 1. The van der Waals surface area contributed by atoms with Crippen LogP contribution in [0.1, 0.15) is 30.9 Å². The van der Waals surface area contributed by atoms with Crippen molar-refractivity contribution in [2.45, 2.75) is 39.2 Å². The molecule has 2 N–H and O–H groups in total. The van der Waals surface area contributed by atoms with Crippen LogP contribution in [-0.4, -0.2) is 54.1 Å². The summed E-state index contributed by atoms with van der Waals surface area (Å²) in [5.41, 5.74) is 0. The van der Waals surface area contributed by atoms with Crippen LogP contribution in [0.3, 0.4) is 0 Å². The number of nitrogens with one attached hydrogen (secondary N) is 2. The van der Waals surface area contributed by atoms with E-state index in [1.807, 2.05) is 14.0 Å². The van der Waals surface area contributed by atoms with Crippen LogP contribution in [-0.2, 0) is 17.7 Å². The second kappa shape index (κ2) is 9.55. The number of aryl methyl sites for hydroxylation is 2. The van der Waals surface area contributed by atoms with Gasteiger partial charge in [-0.25, -0.2) is 0 Å². The summed E-state index contributed by atoms with van der Waals surface area (Å²) in [6.07, 6.45) is 4.45. The number of ether oxygens (including phenoxy) is 1. The smallest absolute Gasteiger partial charge is 0.190 e. The molecule has 0 aromatic carbocycles. The Morgan fingerprint density at radius 2 is 1.88 bits per heavy atom. The Morgan fingerprint density at radius 1 is 1.17 bits per heavy atom. The number of hydrogen-bond acceptors (Lipinski definition) is 4. The predicted octanol–water partition coefficient (Wildman–Crippen LogP) is 1.36. The van der Waals surface area contributed by atoms with E-state index < -0.39 is 0 Å². The molecule has 1 aromatic rings. The highest BCUT2D eigenvalue weighted by atomic mass is 127. The van der Waals surface area contributed by atoms with Crippen LogP contribution in [0.4, 0.5) is 0 Å². The van der Waals surface area contributed by atoms with Gasteiger partial charge in [0.15, 0.2) is 5.96 Å². The van der Waals surface area contributed by atoms with Gasteiger partial charge in [-0.1, -0.05) is 0 Å². The molecule has 136 valence electrons. The number of hydrogen-bond donors (Lipinski definition) is 2.